The first-order chi connectivity index (χ1) is 12.8. The van der Waals surface area contributed by atoms with Crippen LogP contribution in [0.3, 0.4) is 0 Å². The summed E-state index contributed by atoms with van der Waals surface area (Å²) in [7, 11) is 0. The Balaban J connectivity index is 2.03. The second-order valence-corrected chi connectivity index (χ2v) is 8.62. The van der Waals surface area contributed by atoms with Gasteiger partial charge in [0, 0.05) is 25.0 Å². The zero-order valence-corrected chi connectivity index (χ0v) is 16.8. The van der Waals surface area contributed by atoms with Crippen LogP contribution in [0.2, 0.25) is 0 Å². The van der Waals surface area contributed by atoms with Crippen LogP contribution in [0, 0.1) is 5.82 Å². The molecule has 3 rings (SSSR count). The van der Waals surface area contributed by atoms with E-state index in [1.807, 2.05) is 20.8 Å². The molecular formula is C20H26FN3O2S. The van der Waals surface area contributed by atoms with Crippen molar-refractivity contribution < 1.29 is 13.9 Å². The molecule has 2 heterocycles. The normalized spacial score (nSPS) is 16.7. The summed E-state index contributed by atoms with van der Waals surface area (Å²) in [4.78, 5) is 22.3. The van der Waals surface area contributed by atoms with E-state index >= 15 is 0 Å². The fourth-order valence-electron chi connectivity index (χ4n) is 3.25. The lowest BCUT2D eigenvalue weighted by Gasteiger charge is -2.41. The van der Waals surface area contributed by atoms with Crippen molar-refractivity contribution in [2.75, 3.05) is 18.0 Å². The minimum Gasteiger partial charge on any atom is -0.443 e. The zero-order valence-electron chi connectivity index (χ0n) is 16.0. The van der Waals surface area contributed by atoms with Crippen molar-refractivity contribution in [1.82, 2.24) is 9.88 Å². The van der Waals surface area contributed by atoms with Gasteiger partial charge in [-0.1, -0.05) is 6.42 Å². The molecule has 7 heteroatoms. The smallest absolute Gasteiger partial charge is 0.416 e. The largest absolute Gasteiger partial charge is 0.443 e. The van der Waals surface area contributed by atoms with Gasteiger partial charge in [-0.05, 0) is 57.9 Å². The third-order valence-corrected chi connectivity index (χ3v) is 5.20. The van der Waals surface area contributed by atoms with Crippen molar-refractivity contribution >= 4 is 23.1 Å². The molecule has 146 valence electrons. The molecule has 1 aliphatic rings. The van der Waals surface area contributed by atoms with Crippen molar-refractivity contribution in [1.29, 1.82) is 0 Å². The van der Waals surface area contributed by atoms with E-state index < -0.39 is 11.7 Å². The summed E-state index contributed by atoms with van der Waals surface area (Å²) in [5.41, 5.74) is 1.74. The number of hydrogen-bond donors (Lipinski definition) is 0. The first kappa shape index (κ1) is 19.8. The predicted molar refractivity (Wildman–Crippen MR) is 105 cm³/mol. The number of amides is 1. The van der Waals surface area contributed by atoms with Crippen LogP contribution in [-0.2, 0) is 4.74 Å². The maximum absolute atomic E-state index is 13.5. The van der Waals surface area contributed by atoms with Gasteiger partial charge in [0.05, 0.1) is 10.4 Å². The molecule has 0 saturated carbocycles. The number of carbonyl (C=O) groups is 1. The van der Waals surface area contributed by atoms with Gasteiger partial charge in [0.2, 0.25) is 0 Å². The Labute approximate surface area is 163 Å². The molecule has 5 nitrogen and oxygen atoms in total. The Kier molecular flexibility index (Phi) is 6.11. The van der Waals surface area contributed by atoms with E-state index in [9.17, 15) is 9.18 Å². The van der Waals surface area contributed by atoms with Gasteiger partial charge in [0.25, 0.3) is 0 Å². The topological polar surface area (TPSA) is 45.7 Å². The highest BCUT2D eigenvalue weighted by Gasteiger charge is 2.36. The minimum absolute atomic E-state index is 0.321. The summed E-state index contributed by atoms with van der Waals surface area (Å²) in [6, 6.07) is 5.98. The standard InChI is InChI=1S/C20H26FN3O2S/c1-20(2,3)26-19(25)24(16-9-7-15(21)8-10-16)18(17-13-22-14-27-17)23-11-5-4-6-12-23/h7-10,13-14,18H,4-6,11-12H2,1-3H3. The number of likely N-dealkylation sites (tertiary alicyclic amines) is 1. The number of aromatic nitrogens is 1. The third kappa shape index (κ3) is 5.05. The number of nitrogens with zero attached hydrogens (tertiary/aromatic N) is 3. The van der Waals surface area contributed by atoms with Gasteiger partial charge in [0.15, 0.2) is 0 Å². The molecule has 1 aromatic heterocycles. The molecule has 1 fully saturated rings. The molecule has 27 heavy (non-hydrogen) atoms. The molecule has 1 aliphatic heterocycles. The van der Waals surface area contributed by atoms with E-state index in [2.05, 4.69) is 9.88 Å². The summed E-state index contributed by atoms with van der Waals surface area (Å²) >= 11 is 1.51. The summed E-state index contributed by atoms with van der Waals surface area (Å²) in [5.74, 6) is -0.338. The maximum atomic E-state index is 13.5. The van der Waals surface area contributed by atoms with E-state index in [1.165, 1.54) is 29.9 Å². The molecule has 0 bridgehead atoms. The van der Waals surface area contributed by atoms with Gasteiger partial charge in [-0.3, -0.25) is 14.8 Å². The number of carbonyl (C=O) groups excluding carboxylic acids is 1. The molecule has 0 radical (unpaired) electrons. The molecule has 1 saturated heterocycles. The predicted octanol–water partition coefficient (Wildman–Crippen LogP) is 5.21. The van der Waals surface area contributed by atoms with Gasteiger partial charge in [0.1, 0.15) is 17.6 Å². The summed E-state index contributed by atoms with van der Waals surface area (Å²) in [6.07, 6.45) is 4.39. The Morgan fingerprint density at radius 1 is 1.22 bits per heavy atom. The van der Waals surface area contributed by atoms with Crippen LogP contribution < -0.4 is 4.90 Å². The monoisotopic (exact) mass is 391 g/mol. The number of hydrogen-bond acceptors (Lipinski definition) is 5. The van der Waals surface area contributed by atoms with Crippen LogP contribution in [0.4, 0.5) is 14.9 Å². The summed E-state index contributed by atoms with van der Waals surface area (Å²) < 4.78 is 19.2. The van der Waals surface area contributed by atoms with Crippen LogP contribution in [0.15, 0.2) is 36.0 Å². The van der Waals surface area contributed by atoms with Crippen LogP contribution in [0.5, 0.6) is 0 Å². The van der Waals surface area contributed by atoms with Crippen molar-refractivity contribution in [3.8, 4) is 0 Å². The van der Waals surface area contributed by atoms with Crippen LogP contribution >= 0.6 is 11.3 Å². The molecular weight excluding hydrogens is 365 g/mol. The lowest BCUT2D eigenvalue weighted by atomic mass is 10.1. The van der Waals surface area contributed by atoms with Gasteiger partial charge in [-0.25, -0.2) is 9.18 Å². The fraction of sp³-hybridized carbons (Fsp3) is 0.500. The van der Waals surface area contributed by atoms with Crippen LogP contribution in [-0.4, -0.2) is 34.7 Å². The first-order valence-corrected chi connectivity index (χ1v) is 10.1. The van der Waals surface area contributed by atoms with E-state index in [1.54, 1.807) is 28.7 Å². The van der Waals surface area contributed by atoms with Crippen molar-refractivity contribution in [3.63, 3.8) is 0 Å². The molecule has 0 spiro atoms. The number of halogens is 1. The molecule has 1 unspecified atom stereocenters. The van der Waals surface area contributed by atoms with E-state index in [4.69, 9.17) is 4.74 Å². The van der Waals surface area contributed by atoms with Crippen molar-refractivity contribution in [2.24, 2.45) is 0 Å². The summed E-state index contributed by atoms with van der Waals surface area (Å²) in [6.45, 7) is 7.31. The van der Waals surface area contributed by atoms with E-state index in [0.29, 0.717) is 5.69 Å². The number of ether oxygens (including phenoxy) is 1. The van der Waals surface area contributed by atoms with E-state index in [-0.39, 0.29) is 12.0 Å². The molecule has 1 atom stereocenters. The van der Waals surface area contributed by atoms with Gasteiger partial charge in [-0.2, -0.15) is 0 Å². The van der Waals surface area contributed by atoms with Crippen molar-refractivity contribution in [3.05, 3.63) is 46.7 Å². The quantitative estimate of drug-likeness (QED) is 0.718. The molecule has 0 N–H and O–H groups in total. The fourth-order valence-corrected chi connectivity index (χ4v) is 3.99. The Bertz CT molecular complexity index is 738. The second-order valence-electron chi connectivity index (χ2n) is 7.70. The summed E-state index contributed by atoms with van der Waals surface area (Å²) in [5, 5.41) is 0. The van der Waals surface area contributed by atoms with Gasteiger partial charge < -0.3 is 4.74 Å². The third-order valence-electron chi connectivity index (χ3n) is 4.38. The maximum Gasteiger partial charge on any atom is 0.416 e. The Morgan fingerprint density at radius 2 is 1.89 bits per heavy atom. The SMILES string of the molecule is CC(C)(C)OC(=O)N(c1ccc(F)cc1)C(c1cncs1)N1CCCCC1. The molecule has 0 aliphatic carbocycles. The number of rotatable bonds is 4. The molecule has 1 aromatic carbocycles. The zero-order chi connectivity index (χ0) is 19.4. The van der Waals surface area contributed by atoms with E-state index in [0.717, 1.165) is 30.8 Å². The number of thiazole rings is 1. The Morgan fingerprint density at radius 3 is 2.44 bits per heavy atom. The number of anilines is 1. The van der Waals surface area contributed by atoms with Crippen LogP contribution in [0.1, 0.15) is 51.1 Å². The van der Waals surface area contributed by atoms with Crippen LogP contribution in [0.25, 0.3) is 0 Å². The van der Waals surface area contributed by atoms with Crippen molar-refractivity contribution in [2.45, 2.75) is 51.8 Å². The number of piperidine rings is 1. The van der Waals surface area contributed by atoms with Gasteiger partial charge >= 0.3 is 6.09 Å². The highest BCUT2D eigenvalue weighted by Crippen LogP contribution is 2.35. The molecule has 1 amide bonds. The number of benzene rings is 1. The van der Waals surface area contributed by atoms with Gasteiger partial charge in [-0.15, -0.1) is 11.3 Å². The first-order valence-electron chi connectivity index (χ1n) is 9.25. The second kappa shape index (κ2) is 8.35. The molecule has 2 aromatic rings. The highest BCUT2D eigenvalue weighted by atomic mass is 32.1. The lowest BCUT2D eigenvalue weighted by Crippen LogP contribution is -2.48. The average molecular weight is 392 g/mol. The average Bonchev–Trinajstić information content (AvgIpc) is 3.14. The minimum atomic E-state index is -0.629. The Hall–Kier alpha value is -1.99. The highest BCUT2D eigenvalue weighted by molar-refractivity contribution is 7.09. The lowest BCUT2D eigenvalue weighted by molar-refractivity contribution is 0.0495.